The maximum Gasteiger partial charge on any atom is 0.249 e. The molecule has 1 saturated carbocycles. The molecule has 2 aliphatic rings. The number of aromatic amines is 1. The predicted octanol–water partition coefficient (Wildman–Crippen LogP) is 5.23. The van der Waals surface area contributed by atoms with Crippen LogP contribution in [0, 0.1) is 5.92 Å². The van der Waals surface area contributed by atoms with E-state index >= 15 is 0 Å². The fourth-order valence-corrected chi connectivity index (χ4v) is 4.68. The highest BCUT2D eigenvalue weighted by Gasteiger charge is 2.50. The Hall–Kier alpha value is -4.14. The second-order valence-corrected chi connectivity index (χ2v) is 9.09. The molecule has 1 aliphatic carbocycles. The average Bonchev–Trinajstić information content (AvgIpc) is 3.52. The van der Waals surface area contributed by atoms with E-state index in [0.29, 0.717) is 18.1 Å². The number of nitrogens with zero attached hydrogens (tertiary/aromatic N) is 3. The summed E-state index contributed by atoms with van der Waals surface area (Å²) in [6, 6.07) is 15.1. The van der Waals surface area contributed by atoms with E-state index in [4.69, 9.17) is 0 Å². The third kappa shape index (κ3) is 4.25. The largest absolute Gasteiger partial charge is 0.375 e. The minimum absolute atomic E-state index is 0.130. The van der Waals surface area contributed by atoms with Gasteiger partial charge in [0.15, 0.2) is 11.6 Å². The minimum Gasteiger partial charge on any atom is -0.375 e. The lowest BCUT2D eigenvalue weighted by Crippen LogP contribution is -2.45. The molecule has 176 valence electrons. The Morgan fingerprint density at radius 3 is 2.57 bits per heavy atom. The normalized spacial score (nSPS) is 18.4. The summed E-state index contributed by atoms with van der Waals surface area (Å²) in [6.07, 6.45) is 5.13. The van der Waals surface area contributed by atoms with Gasteiger partial charge in [-0.1, -0.05) is 24.3 Å². The molecule has 2 aromatic heterocycles. The van der Waals surface area contributed by atoms with Crippen LogP contribution in [0.3, 0.4) is 0 Å². The summed E-state index contributed by atoms with van der Waals surface area (Å²) in [6.45, 7) is 0. The van der Waals surface area contributed by atoms with Crippen molar-refractivity contribution in [2.45, 2.75) is 31.2 Å². The number of hydrogen-bond acceptors (Lipinski definition) is 6. The van der Waals surface area contributed by atoms with Gasteiger partial charge in [-0.05, 0) is 35.4 Å². The summed E-state index contributed by atoms with van der Waals surface area (Å²) in [5, 5.41) is 13.3. The predicted molar refractivity (Wildman–Crippen MR) is 129 cm³/mol. The smallest absolute Gasteiger partial charge is 0.249 e. The summed E-state index contributed by atoms with van der Waals surface area (Å²) in [4.78, 5) is 21.7. The number of aromatic nitrogens is 4. The van der Waals surface area contributed by atoms with Gasteiger partial charge in [0.1, 0.15) is 5.82 Å². The van der Waals surface area contributed by atoms with Crippen LogP contribution in [0.15, 0.2) is 67.1 Å². The molecule has 7 nitrogen and oxygen atoms in total. The molecule has 0 saturated heterocycles. The Bertz CT molecular complexity index is 1380. The summed E-state index contributed by atoms with van der Waals surface area (Å²) < 4.78 is 26.4. The number of H-pyrrole nitrogens is 1. The molecular formula is C26H22F2N6O. The Kier molecular flexibility index (Phi) is 5.05. The fraction of sp³-hybridized carbons (Fsp3) is 0.231. The lowest BCUT2D eigenvalue weighted by Gasteiger charge is -2.35. The third-order valence-corrected chi connectivity index (χ3v) is 6.60. The maximum absolute atomic E-state index is 13.2. The van der Waals surface area contributed by atoms with Crippen LogP contribution < -0.4 is 10.6 Å². The molecule has 9 heteroatoms. The van der Waals surface area contributed by atoms with Gasteiger partial charge in [0.05, 0.1) is 12.2 Å². The van der Waals surface area contributed by atoms with Gasteiger partial charge < -0.3 is 10.6 Å². The molecule has 1 aliphatic heterocycles. The Balaban J connectivity index is 1.15. The van der Waals surface area contributed by atoms with Crippen LogP contribution in [0.5, 0.6) is 0 Å². The van der Waals surface area contributed by atoms with Gasteiger partial charge in [-0.15, -0.1) is 0 Å². The van der Waals surface area contributed by atoms with Crippen LogP contribution in [0.4, 0.5) is 26.0 Å². The van der Waals surface area contributed by atoms with Crippen molar-refractivity contribution in [2.24, 2.45) is 5.92 Å². The molecule has 1 fully saturated rings. The molecule has 1 atom stereocenters. The van der Waals surface area contributed by atoms with Crippen LogP contribution in [0.2, 0.25) is 0 Å². The zero-order chi connectivity index (χ0) is 24.0. The van der Waals surface area contributed by atoms with E-state index in [9.17, 15) is 13.6 Å². The van der Waals surface area contributed by atoms with Crippen LogP contribution in [-0.4, -0.2) is 37.9 Å². The van der Waals surface area contributed by atoms with E-state index in [1.807, 2.05) is 48.7 Å². The first-order valence-electron chi connectivity index (χ1n) is 11.4. The first-order valence-corrected chi connectivity index (χ1v) is 11.4. The lowest BCUT2D eigenvalue weighted by atomic mass is 9.76. The summed E-state index contributed by atoms with van der Waals surface area (Å²) in [5.74, 6) is -2.19. The second-order valence-electron chi connectivity index (χ2n) is 9.09. The van der Waals surface area contributed by atoms with Crippen LogP contribution in [0.1, 0.15) is 18.4 Å². The van der Waals surface area contributed by atoms with E-state index in [-0.39, 0.29) is 18.6 Å². The summed E-state index contributed by atoms with van der Waals surface area (Å²) in [5.41, 5.74) is 5.58. The van der Waals surface area contributed by atoms with Crippen LogP contribution in [-0.2, 0) is 11.2 Å². The molecule has 3 N–H and O–H groups in total. The third-order valence-electron chi connectivity index (χ3n) is 6.60. The average molecular weight is 472 g/mol. The van der Waals surface area contributed by atoms with Crippen molar-refractivity contribution >= 4 is 23.0 Å². The Labute approximate surface area is 200 Å². The number of halogens is 2. The molecule has 1 unspecified atom stereocenters. The van der Waals surface area contributed by atoms with Crippen molar-refractivity contribution in [2.75, 3.05) is 10.6 Å². The Morgan fingerprint density at radius 2 is 1.83 bits per heavy atom. The molecule has 0 spiro atoms. The molecule has 0 amide bonds. The van der Waals surface area contributed by atoms with E-state index in [1.54, 1.807) is 18.5 Å². The molecule has 3 heterocycles. The molecule has 35 heavy (non-hydrogen) atoms. The van der Waals surface area contributed by atoms with Gasteiger partial charge in [0.25, 0.3) is 0 Å². The number of carbonyl (C=O) groups excluding carboxylic acids is 1. The SMILES string of the molecule is O=C(C1CC(F)(F)C1)C1Cc2ccc(-c3nccc(Nc4ccc(-c5cn[nH]c5)cc4)n3)cc2N1. The van der Waals surface area contributed by atoms with Gasteiger partial charge >= 0.3 is 0 Å². The number of nitrogens with one attached hydrogen (secondary N) is 3. The van der Waals surface area contributed by atoms with Crippen molar-refractivity contribution in [3.63, 3.8) is 0 Å². The number of ketones is 1. The maximum atomic E-state index is 13.2. The lowest BCUT2D eigenvalue weighted by molar-refractivity contribution is -0.148. The van der Waals surface area contributed by atoms with Crippen LogP contribution in [0.25, 0.3) is 22.5 Å². The molecule has 0 bridgehead atoms. The highest BCUT2D eigenvalue weighted by Crippen LogP contribution is 2.44. The molecule has 2 aromatic carbocycles. The minimum atomic E-state index is -2.70. The van der Waals surface area contributed by atoms with Crippen molar-refractivity contribution in [1.82, 2.24) is 20.2 Å². The number of fused-ring (bicyclic) bond motifs is 1. The number of anilines is 3. The number of alkyl halides is 2. The fourth-order valence-electron chi connectivity index (χ4n) is 4.68. The molecule has 0 radical (unpaired) electrons. The number of benzene rings is 2. The standard InChI is InChI=1S/C26H22F2N6O/c27-26(28)11-18(12-26)24(35)22-9-16-1-2-17(10-21(16)33-22)25-29-8-7-23(34-25)32-20-5-3-15(4-6-20)19-13-30-31-14-19/h1-8,10,13-14,18,22,33H,9,11-12H2,(H,30,31)(H,29,32,34). The van der Waals surface area contributed by atoms with Gasteiger partial charge in [0.2, 0.25) is 5.92 Å². The van der Waals surface area contributed by atoms with Gasteiger partial charge in [0, 0.05) is 60.1 Å². The van der Waals surface area contributed by atoms with Crippen molar-refractivity contribution in [3.05, 3.63) is 72.7 Å². The molecular weight excluding hydrogens is 450 g/mol. The highest BCUT2D eigenvalue weighted by atomic mass is 19.3. The number of Topliss-reactive ketones (excluding diaryl/α,β-unsaturated/α-hetero) is 1. The zero-order valence-electron chi connectivity index (χ0n) is 18.6. The summed E-state index contributed by atoms with van der Waals surface area (Å²) in [7, 11) is 0. The quantitative estimate of drug-likeness (QED) is 0.356. The van der Waals surface area contributed by atoms with E-state index < -0.39 is 17.9 Å². The van der Waals surface area contributed by atoms with Crippen molar-refractivity contribution in [3.8, 4) is 22.5 Å². The van der Waals surface area contributed by atoms with Gasteiger partial charge in [-0.25, -0.2) is 18.7 Å². The van der Waals surface area contributed by atoms with Crippen LogP contribution >= 0.6 is 0 Å². The van der Waals surface area contributed by atoms with E-state index in [2.05, 4.69) is 30.8 Å². The zero-order valence-corrected chi connectivity index (χ0v) is 18.6. The van der Waals surface area contributed by atoms with E-state index in [0.717, 1.165) is 33.6 Å². The molecule has 6 rings (SSSR count). The van der Waals surface area contributed by atoms with Crippen molar-refractivity contribution in [1.29, 1.82) is 0 Å². The topological polar surface area (TPSA) is 95.6 Å². The second kappa shape index (κ2) is 8.26. The number of hydrogen-bond donors (Lipinski definition) is 3. The highest BCUT2D eigenvalue weighted by molar-refractivity contribution is 5.92. The first kappa shape index (κ1) is 21.4. The monoisotopic (exact) mass is 472 g/mol. The number of carbonyl (C=O) groups is 1. The summed E-state index contributed by atoms with van der Waals surface area (Å²) >= 11 is 0. The number of rotatable bonds is 6. The van der Waals surface area contributed by atoms with Gasteiger partial charge in [-0.3, -0.25) is 9.89 Å². The van der Waals surface area contributed by atoms with E-state index in [1.165, 1.54) is 0 Å². The first-order chi connectivity index (χ1) is 16.9. The van der Waals surface area contributed by atoms with Gasteiger partial charge in [-0.2, -0.15) is 5.10 Å². The molecule has 4 aromatic rings. The van der Waals surface area contributed by atoms with Crippen molar-refractivity contribution < 1.29 is 13.6 Å². The Morgan fingerprint density at radius 1 is 1.03 bits per heavy atom.